The number of nitrogens with one attached hydrogen (secondary N) is 1. The van der Waals surface area contributed by atoms with E-state index in [1.165, 1.54) is 29.5 Å². The molecule has 11 heteroatoms. The summed E-state index contributed by atoms with van der Waals surface area (Å²) in [7, 11) is 0. The third-order valence-corrected chi connectivity index (χ3v) is 6.21. The summed E-state index contributed by atoms with van der Waals surface area (Å²) in [5, 5.41) is 15.7. The summed E-state index contributed by atoms with van der Waals surface area (Å²) >= 11 is 1.54. The highest BCUT2D eigenvalue weighted by molar-refractivity contribution is 7.09. The maximum Gasteiger partial charge on any atom is 0.342 e. The summed E-state index contributed by atoms with van der Waals surface area (Å²) in [6.45, 7) is 5.28. The van der Waals surface area contributed by atoms with Crippen LogP contribution in [0, 0.1) is 24.0 Å². The molecule has 2 heterocycles. The van der Waals surface area contributed by atoms with E-state index >= 15 is 0 Å². The lowest BCUT2D eigenvalue weighted by Crippen LogP contribution is -2.24. The van der Waals surface area contributed by atoms with Crippen molar-refractivity contribution in [1.29, 1.82) is 0 Å². The number of ether oxygens (including phenoxy) is 2. The molecule has 3 aromatic rings. The maximum atomic E-state index is 12.7. The Kier molecular flexibility index (Phi) is 8.37. The van der Waals surface area contributed by atoms with E-state index in [0.717, 1.165) is 10.6 Å². The van der Waals surface area contributed by atoms with Crippen molar-refractivity contribution < 1.29 is 28.8 Å². The van der Waals surface area contributed by atoms with Gasteiger partial charge < -0.3 is 19.4 Å². The van der Waals surface area contributed by atoms with Crippen LogP contribution < -0.4 is 5.32 Å². The number of amides is 1. The Balaban J connectivity index is 1.76. The van der Waals surface area contributed by atoms with Crippen molar-refractivity contribution in [3.63, 3.8) is 0 Å². The Morgan fingerprint density at radius 1 is 1.11 bits per heavy atom. The number of hydrogen-bond donors (Lipinski definition) is 1. The van der Waals surface area contributed by atoms with Crippen LogP contribution in [0.5, 0.6) is 0 Å². The van der Waals surface area contributed by atoms with Gasteiger partial charge in [-0.1, -0.05) is 24.3 Å². The number of thiophene rings is 1. The number of nitrogens with zero attached hydrogens (tertiary/aromatic N) is 2. The minimum Gasteiger partial charge on any atom is -0.462 e. The number of carbonyl (C=O) groups is 3. The number of esters is 2. The zero-order chi connectivity index (χ0) is 25.5. The highest BCUT2D eigenvalue weighted by Gasteiger charge is 2.26. The van der Waals surface area contributed by atoms with E-state index in [1.807, 2.05) is 24.4 Å². The van der Waals surface area contributed by atoms with Gasteiger partial charge in [0, 0.05) is 22.2 Å². The number of carbonyl (C=O) groups excluding carboxylic acids is 3. The molecule has 0 atom stereocenters. The van der Waals surface area contributed by atoms with E-state index in [9.17, 15) is 24.5 Å². The van der Waals surface area contributed by atoms with Crippen LogP contribution in [-0.4, -0.2) is 40.5 Å². The minimum atomic E-state index is -0.790. The van der Waals surface area contributed by atoms with Gasteiger partial charge in [-0.2, -0.15) is 0 Å². The number of nitro groups is 1. The molecule has 0 unspecified atom stereocenters. The second-order valence-corrected chi connectivity index (χ2v) is 8.62. The molecule has 35 heavy (non-hydrogen) atoms. The zero-order valence-electron chi connectivity index (χ0n) is 19.5. The summed E-state index contributed by atoms with van der Waals surface area (Å²) in [5.41, 5.74) is 1.67. The first-order valence-electron chi connectivity index (χ1n) is 10.8. The highest BCUT2D eigenvalue weighted by Crippen LogP contribution is 2.29. The van der Waals surface area contributed by atoms with Gasteiger partial charge in [0.2, 0.25) is 0 Å². The molecule has 0 radical (unpaired) electrons. The van der Waals surface area contributed by atoms with Gasteiger partial charge in [0.05, 0.1) is 24.5 Å². The highest BCUT2D eigenvalue weighted by atomic mass is 32.1. The average molecular weight is 500 g/mol. The lowest BCUT2D eigenvalue weighted by Gasteiger charge is -2.13. The van der Waals surface area contributed by atoms with E-state index in [4.69, 9.17) is 9.47 Å². The second-order valence-electron chi connectivity index (χ2n) is 7.59. The molecule has 0 saturated carbocycles. The fraction of sp³-hybridized carbons (Fsp3) is 0.292. The van der Waals surface area contributed by atoms with Gasteiger partial charge in [-0.15, -0.1) is 11.3 Å². The number of hydrogen-bond acceptors (Lipinski definition) is 8. The van der Waals surface area contributed by atoms with Crippen LogP contribution in [0.25, 0.3) is 0 Å². The molecule has 184 valence electrons. The minimum absolute atomic E-state index is 0.171. The van der Waals surface area contributed by atoms with Crippen LogP contribution in [0.3, 0.4) is 0 Å². The molecule has 0 aliphatic rings. The van der Waals surface area contributed by atoms with E-state index in [2.05, 4.69) is 5.32 Å². The average Bonchev–Trinajstić information content (AvgIpc) is 3.41. The first kappa shape index (κ1) is 25.6. The van der Waals surface area contributed by atoms with Gasteiger partial charge in [-0.25, -0.2) is 4.79 Å². The molecular weight excluding hydrogens is 474 g/mol. The number of anilines is 1. The summed E-state index contributed by atoms with van der Waals surface area (Å²) in [6.07, 6.45) is -0.356. The quantitative estimate of drug-likeness (QED) is 0.253. The second kappa shape index (κ2) is 11.4. The van der Waals surface area contributed by atoms with Gasteiger partial charge >= 0.3 is 11.9 Å². The molecule has 0 aliphatic heterocycles. The van der Waals surface area contributed by atoms with Crippen LogP contribution in [0.1, 0.15) is 39.0 Å². The molecule has 1 N–H and O–H groups in total. The zero-order valence-corrected chi connectivity index (χ0v) is 20.3. The van der Waals surface area contributed by atoms with Crippen molar-refractivity contribution in [1.82, 2.24) is 4.57 Å². The van der Waals surface area contributed by atoms with E-state index in [1.54, 1.807) is 24.5 Å². The Morgan fingerprint density at radius 3 is 2.51 bits per heavy atom. The van der Waals surface area contributed by atoms with Crippen molar-refractivity contribution in [3.8, 4) is 0 Å². The van der Waals surface area contributed by atoms with Gasteiger partial charge in [-0.05, 0) is 37.8 Å². The molecule has 0 fully saturated rings. The topological polar surface area (TPSA) is 130 Å². The maximum absolute atomic E-state index is 12.7. The summed E-state index contributed by atoms with van der Waals surface area (Å²) < 4.78 is 12.0. The number of para-hydroxylation sites is 1. The van der Waals surface area contributed by atoms with Crippen LogP contribution in [0.2, 0.25) is 0 Å². The molecule has 0 bridgehead atoms. The first-order chi connectivity index (χ1) is 16.7. The van der Waals surface area contributed by atoms with Gasteiger partial charge in [-0.3, -0.25) is 19.7 Å². The van der Waals surface area contributed by atoms with E-state index < -0.39 is 29.4 Å². The predicted molar refractivity (Wildman–Crippen MR) is 130 cm³/mol. The molecule has 2 aromatic heterocycles. The number of rotatable bonds is 10. The fourth-order valence-corrected chi connectivity index (χ4v) is 4.25. The van der Waals surface area contributed by atoms with Crippen molar-refractivity contribution in [2.45, 2.75) is 33.7 Å². The normalized spacial score (nSPS) is 10.6. The Bertz CT molecular complexity index is 1250. The van der Waals surface area contributed by atoms with Crippen molar-refractivity contribution in [2.24, 2.45) is 0 Å². The van der Waals surface area contributed by atoms with Crippen molar-refractivity contribution >= 4 is 40.7 Å². The van der Waals surface area contributed by atoms with Gasteiger partial charge in [0.1, 0.15) is 11.4 Å². The van der Waals surface area contributed by atoms with Crippen molar-refractivity contribution in [2.75, 3.05) is 18.5 Å². The molecule has 0 spiro atoms. The molecule has 3 rings (SSSR count). The van der Waals surface area contributed by atoms with Crippen LogP contribution in [0.4, 0.5) is 11.5 Å². The SMILES string of the molecule is CCOC(=O)c1c(C)c(C)n(Cc2cccs2)c1NC(=O)COC(=O)Cc1ccccc1[N+](=O)[O-]. The summed E-state index contributed by atoms with van der Waals surface area (Å²) in [6, 6.07) is 9.67. The number of benzene rings is 1. The van der Waals surface area contributed by atoms with E-state index in [0.29, 0.717) is 12.1 Å². The Labute approximate surface area is 205 Å². The standard InChI is InChI=1S/C24H25N3O7S/c1-4-33-24(30)22-15(2)16(3)26(13-18-9-7-11-35-18)23(22)25-20(28)14-34-21(29)12-17-8-5-6-10-19(17)27(31)32/h5-11H,4,12-14H2,1-3H3,(H,25,28). The monoisotopic (exact) mass is 499 g/mol. The third kappa shape index (κ3) is 6.12. The molecule has 0 saturated heterocycles. The first-order valence-corrected chi connectivity index (χ1v) is 11.7. The van der Waals surface area contributed by atoms with Crippen LogP contribution >= 0.6 is 11.3 Å². The molecule has 0 aliphatic carbocycles. The Morgan fingerprint density at radius 2 is 1.86 bits per heavy atom. The van der Waals surface area contributed by atoms with Gasteiger partial charge in [0.25, 0.3) is 11.6 Å². The lowest BCUT2D eigenvalue weighted by molar-refractivity contribution is -0.385. The fourth-order valence-electron chi connectivity index (χ4n) is 3.56. The Hall–Kier alpha value is -3.99. The van der Waals surface area contributed by atoms with Gasteiger partial charge in [0.15, 0.2) is 6.61 Å². The molecule has 10 nitrogen and oxygen atoms in total. The summed E-state index contributed by atoms with van der Waals surface area (Å²) in [5.74, 6) is -1.76. The third-order valence-electron chi connectivity index (χ3n) is 5.35. The smallest absolute Gasteiger partial charge is 0.342 e. The molecule has 1 amide bonds. The predicted octanol–water partition coefficient (Wildman–Crippen LogP) is 4.02. The summed E-state index contributed by atoms with van der Waals surface area (Å²) in [4.78, 5) is 49.2. The van der Waals surface area contributed by atoms with E-state index in [-0.39, 0.29) is 35.7 Å². The van der Waals surface area contributed by atoms with Crippen molar-refractivity contribution in [3.05, 3.63) is 79.2 Å². The number of nitro benzene ring substituents is 1. The largest absolute Gasteiger partial charge is 0.462 e. The molecule has 1 aromatic carbocycles. The number of aromatic nitrogens is 1. The molecular formula is C24H25N3O7S. The lowest BCUT2D eigenvalue weighted by atomic mass is 10.1. The van der Waals surface area contributed by atoms with Crippen LogP contribution in [0.15, 0.2) is 41.8 Å². The van der Waals surface area contributed by atoms with Crippen LogP contribution in [-0.2, 0) is 32.0 Å².